The van der Waals surface area contributed by atoms with Crippen LogP contribution in [-0.2, 0) is 11.2 Å². The summed E-state index contributed by atoms with van der Waals surface area (Å²) in [6.45, 7) is 9.98. The number of fused-ring (bicyclic) bond motifs is 1. The van der Waals surface area contributed by atoms with Crippen LogP contribution in [0.25, 0.3) is 11.0 Å². The van der Waals surface area contributed by atoms with E-state index in [0.717, 1.165) is 68.6 Å². The molecular formula is C20H32N6O. The summed E-state index contributed by atoms with van der Waals surface area (Å²) in [6.07, 6.45) is 1.02. The number of nitrogens with one attached hydrogen (secondary N) is 3. The minimum atomic E-state index is 0.200. The lowest BCUT2D eigenvalue weighted by Gasteiger charge is -2.34. The van der Waals surface area contributed by atoms with Crippen molar-refractivity contribution in [1.82, 2.24) is 25.5 Å². The molecule has 0 bridgehead atoms. The van der Waals surface area contributed by atoms with Gasteiger partial charge in [-0.2, -0.15) is 0 Å². The molecule has 7 nitrogen and oxygen atoms in total. The van der Waals surface area contributed by atoms with Gasteiger partial charge in [-0.05, 0) is 18.1 Å². The van der Waals surface area contributed by atoms with Crippen LogP contribution in [0.1, 0.15) is 19.7 Å². The van der Waals surface area contributed by atoms with Crippen LogP contribution in [0.3, 0.4) is 0 Å². The number of nitrogens with zero attached hydrogens (tertiary/aromatic N) is 3. The second-order valence-corrected chi connectivity index (χ2v) is 7.48. The van der Waals surface area contributed by atoms with Crippen molar-refractivity contribution >= 4 is 17.0 Å². The summed E-state index contributed by atoms with van der Waals surface area (Å²) in [4.78, 5) is 14.8. The van der Waals surface area contributed by atoms with Crippen LogP contribution in [0.15, 0.2) is 29.3 Å². The Kier molecular flexibility index (Phi) is 7.06. The molecule has 1 aromatic carbocycles. The molecule has 148 valence electrons. The summed E-state index contributed by atoms with van der Waals surface area (Å²) in [5.74, 6) is 2.47. The quantitative estimate of drug-likeness (QED) is 0.509. The molecular weight excluding hydrogens is 340 g/mol. The van der Waals surface area contributed by atoms with Crippen LogP contribution < -0.4 is 10.6 Å². The van der Waals surface area contributed by atoms with Crippen molar-refractivity contribution in [3.63, 3.8) is 0 Å². The number of benzene rings is 1. The van der Waals surface area contributed by atoms with E-state index in [0.29, 0.717) is 5.92 Å². The largest absolute Gasteiger partial charge is 0.374 e. The van der Waals surface area contributed by atoms with E-state index in [2.05, 4.69) is 44.3 Å². The molecule has 1 atom stereocenters. The molecule has 1 saturated heterocycles. The lowest BCUT2D eigenvalue weighted by molar-refractivity contribution is -0.0284. The second-order valence-electron chi connectivity index (χ2n) is 7.48. The molecule has 0 amide bonds. The number of aliphatic imine (C=N–C) groups is 1. The molecule has 0 aliphatic carbocycles. The van der Waals surface area contributed by atoms with E-state index >= 15 is 0 Å². The maximum atomic E-state index is 5.89. The summed E-state index contributed by atoms with van der Waals surface area (Å²) in [5, 5.41) is 6.74. The van der Waals surface area contributed by atoms with Gasteiger partial charge in [0.15, 0.2) is 5.96 Å². The summed E-state index contributed by atoms with van der Waals surface area (Å²) >= 11 is 0. The molecule has 27 heavy (non-hydrogen) atoms. The molecule has 0 spiro atoms. The Morgan fingerprint density at radius 3 is 3.00 bits per heavy atom. The van der Waals surface area contributed by atoms with Gasteiger partial charge in [-0.25, -0.2) is 4.98 Å². The highest BCUT2D eigenvalue weighted by atomic mass is 16.5. The minimum absolute atomic E-state index is 0.200. The average molecular weight is 373 g/mol. The van der Waals surface area contributed by atoms with Crippen LogP contribution in [0.5, 0.6) is 0 Å². The fourth-order valence-corrected chi connectivity index (χ4v) is 3.44. The number of morpholine rings is 1. The number of ether oxygens (including phenoxy) is 1. The van der Waals surface area contributed by atoms with Crippen molar-refractivity contribution in [3.8, 4) is 0 Å². The van der Waals surface area contributed by atoms with Crippen molar-refractivity contribution in [2.24, 2.45) is 10.9 Å². The number of hydrogen-bond acceptors (Lipinski definition) is 4. The van der Waals surface area contributed by atoms with Crippen molar-refractivity contribution in [3.05, 3.63) is 30.1 Å². The molecule has 2 aromatic rings. The van der Waals surface area contributed by atoms with E-state index in [1.807, 2.05) is 24.3 Å². The van der Waals surface area contributed by atoms with Gasteiger partial charge in [0, 0.05) is 46.2 Å². The Morgan fingerprint density at radius 1 is 1.37 bits per heavy atom. The van der Waals surface area contributed by atoms with E-state index in [-0.39, 0.29) is 6.10 Å². The maximum Gasteiger partial charge on any atom is 0.191 e. The first-order chi connectivity index (χ1) is 13.1. The maximum absolute atomic E-state index is 5.89. The first kappa shape index (κ1) is 19.6. The highest BCUT2D eigenvalue weighted by Gasteiger charge is 2.21. The first-order valence-electron chi connectivity index (χ1n) is 9.86. The van der Waals surface area contributed by atoms with Gasteiger partial charge in [0.2, 0.25) is 0 Å². The van der Waals surface area contributed by atoms with Crippen molar-refractivity contribution in [2.45, 2.75) is 26.4 Å². The molecule has 0 saturated carbocycles. The van der Waals surface area contributed by atoms with Crippen LogP contribution >= 0.6 is 0 Å². The predicted octanol–water partition coefficient (Wildman–Crippen LogP) is 1.63. The second kappa shape index (κ2) is 9.71. The van der Waals surface area contributed by atoms with Gasteiger partial charge < -0.3 is 20.4 Å². The number of H-pyrrole nitrogens is 1. The van der Waals surface area contributed by atoms with Gasteiger partial charge in [-0.1, -0.05) is 26.0 Å². The molecule has 1 aliphatic heterocycles. The molecule has 7 heteroatoms. The molecule has 3 rings (SSSR count). The molecule has 1 aromatic heterocycles. The topological polar surface area (TPSA) is 77.6 Å². The Bertz CT molecular complexity index is 708. The number of rotatable bonds is 7. The minimum Gasteiger partial charge on any atom is -0.374 e. The average Bonchev–Trinajstić information content (AvgIpc) is 3.07. The molecule has 0 radical (unpaired) electrons. The Morgan fingerprint density at radius 2 is 2.22 bits per heavy atom. The lowest BCUT2D eigenvalue weighted by atomic mass is 10.2. The Balaban J connectivity index is 1.40. The molecule has 3 N–H and O–H groups in total. The van der Waals surface area contributed by atoms with Crippen molar-refractivity contribution in [2.75, 3.05) is 46.4 Å². The lowest BCUT2D eigenvalue weighted by Crippen LogP contribution is -2.50. The fourth-order valence-electron chi connectivity index (χ4n) is 3.44. The summed E-state index contributed by atoms with van der Waals surface area (Å²) in [7, 11) is 1.79. The van der Waals surface area contributed by atoms with Gasteiger partial charge >= 0.3 is 0 Å². The van der Waals surface area contributed by atoms with E-state index in [1.165, 1.54) is 0 Å². The molecule has 1 aliphatic rings. The number of guanidine groups is 1. The smallest absolute Gasteiger partial charge is 0.191 e. The number of aromatic nitrogens is 2. The van der Waals surface area contributed by atoms with Crippen LogP contribution in [0, 0.1) is 5.92 Å². The molecule has 2 heterocycles. The zero-order valence-electron chi connectivity index (χ0n) is 16.7. The van der Waals surface area contributed by atoms with E-state index in [4.69, 9.17) is 4.74 Å². The van der Waals surface area contributed by atoms with Gasteiger partial charge in [0.05, 0.1) is 23.7 Å². The third-order valence-electron chi connectivity index (χ3n) is 4.66. The monoisotopic (exact) mass is 372 g/mol. The standard InChI is InChI=1S/C20H32N6O/c1-15(2)13-26-10-11-27-16(14-26)12-23-20(21-3)22-9-8-19-24-17-6-4-5-7-18(17)25-19/h4-7,15-16H,8-14H2,1-3H3,(H,24,25)(H2,21,22,23). The number of para-hydroxylation sites is 2. The number of hydrogen-bond donors (Lipinski definition) is 3. The van der Waals surface area contributed by atoms with E-state index in [9.17, 15) is 0 Å². The Hall–Kier alpha value is -2.12. The van der Waals surface area contributed by atoms with Gasteiger partial charge in [0.25, 0.3) is 0 Å². The normalized spacial score (nSPS) is 19.0. The third-order valence-corrected chi connectivity index (χ3v) is 4.66. The van der Waals surface area contributed by atoms with Crippen molar-refractivity contribution in [1.29, 1.82) is 0 Å². The van der Waals surface area contributed by atoms with E-state index in [1.54, 1.807) is 7.05 Å². The third kappa shape index (κ3) is 5.94. The van der Waals surface area contributed by atoms with Gasteiger partial charge in [-0.3, -0.25) is 9.89 Å². The zero-order chi connectivity index (χ0) is 19.1. The van der Waals surface area contributed by atoms with Crippen LogP contribution in [0.2, 0.25) is 0 Å². The summed E-state index contributed by atoms with van der Waals surface area (Å²) in [6, 6.07) is 8.10. The highest BCUT2D eigenvalue weighted by molar-refractivity contribution is 5.79. The Labute approximate surface area is 161 Å². The summed E-state index contributed by atoms with van der Waals surface area (Å²) < 4.78 is 5.89. The van der Waals surface area contributed by atoms with Crippen molar-refractivity contribution < 1.29 is 4.74 Å². The van der Waals surface area contributed by atoms with E-state index < -0.39 is 0 Å². The first-order valence-corrected chi connectivity index (χ1v) is 9.86. The van der Waals surface area contributed by atoms with Gasteiger partial charge in [-0.15, -0.1) is 0 Å². The zero-order valence-corrected chi connectivity index (χ0v) is 16.7. The number of aromatic amines is 1. The summed E-state index contributed by atoms with van der Waals surface area (Å²) in [5.41, 5.74) is 2.09. The highest BCUT2D eigenvalue weighted by Crippen LogP contribution is 2.10. The number of imidazole rings is 1. The van der Waals surface area contributed by atoms with Gasteiger partial charge in [0.1, 0.15) is 5.82 Å². The van der Waals surface area contributed by atoms with Crippen LogP contribution in [0.4, 0.5) is 0 Å². The fraction of sp³-hybridized carbons (Fsp3) is 0.600. The molecule has 1 fully saturated rings. The molecule has 1 unspecified atom stereocenters. The van der Waals surface area contributed by atoms with Crippen LogP contribution in [-0.4, -0.2) is 73.3 Å². The SMILES string of the molecule is CN=C(NCCc1nc2ccccc2[nH]1)NCC1CN(CC(C)C)CCO1. The predicted molar refractivity (Wildman–Crippen MR) is 110 cm³/mol.